The standard InChI is InChI=1S/C8H7F3N2O4S/c1-12-18(16,17)7-3-2-5(8(9,10)11)4-6(7)13(14)15/h2-4,12H,1H3. The van der Waals surface area contributed by atoms with Crippen molar-refractivity contribution < 1.29 is 26.5 Å². The Hall–Kier alpha value is -1.68. The summed E-state index contributed by atoms with van der Waals surface area (Å²) in [7, 11) is -3.20. The molecule has 1 rings (SSSR count). The van der Waals surface area contributed by atoms with Gasteiger partial charge in [-0.2, -0.15) is 13.2 Å². The molecule has 0 spiro atoms. The molecule has 1 aromatic rings. The second-order valence-electron chi connectivity index (χ2n) is 3.14. The Morgan fingerprint density at radius 2 is 1.89 bits per heavy atom. The van der Waals surface area contributed by atoms with Gasteiger partial charge in [0.05, 0.1) is 10.5 Å². The summed E-state index contributed by atoms with van der Waals surface area (Å²) in [5, 5.41) is 10.6. The predicted octanol–water partition coefficient (Wildman–Crippen LogP) is 1.52. The van der Waals surface area contributed by atoms with Crippen molar-refractivity contribution >= 4 is 15.7 Å². The molecule has 0 saturated heterocycles. The summed E-state index contributed by atoms with van der Waals surface area (Å²) in [5.74, 6) is 0. The van der Waals surface area contributed by atoms with Gasteiger partial charge < -0.3 is 0 Å². The highest BCUT2D eigenvalue weighted by Crippen LogP contribution is 2.34. The maximum absolute atomic E-state index is 12.4. The van der Waals surface area contributed by atoms with Crippen LogP contribution in [0, 0.1) is 10.1 Å². The van der Waals surface area contributed by atoms with Crippen LogP contribution in [0.3, 0.4) is 0 Å². The van der Waals surface area contributed by atoms with Crippen LogP contribution in [-0.2, 0) is 16.2 Å². The maximum atomic E-state index is 12.4. The van der Waals surface area contributed by atoms with E-state index in [0.717, 1.165) is 7.05 Å². The van der Waals surface area contributed by atoms with Crippen molar-refractivity contribution in [1.82, 2.24) is 4.72 Å². The van der Waals surface area contributed by atoms with Crippen molar-refractivity contribution in [3.05, 3.63) is 33.9 Å². The average Bonchev–Trinajstić information content (AvgIpc) is 2.27. The highest BCUT2D eigenvalue weighted by molar-refractivity contribution is 7.89. The highest BCUT2D eigenvalue weighted by atomic mass is 32.2. The Morgan fingerprint density at radius 1 is 1.33 bits per heavy atom. The van der Waals surface area contributed by atoms with E-state index in [1.54, 1.807) is 4.72 Å². The fraction of sp³-hybridized carbons (Fsp3) is 0.250. The number of nitro groups is 1. The number of nitrogens with zero attached hydrogens (tertiary/aromatic N) is 1. The lowest BCUT2D eigenvalue weighted by Crippen LogP contribution is -2.20. The lowest BCUT2D eigenvalue weighted by atomic mass is 10.2. The van der Waals surface area contributed by atoms with E-state index < -0.39 is 37.3 Å². The number of hydrogen-bond acceptors (Lipinski definition) is 4. The molecular formula is C8H7F3N2O4S. The topological polar surface area (TPSA) is 89.3 Å². The van der Waals surface area contributed by atoms with Gasteiger partial charge in [0.1, 0.15) is 0 Å². The SMILES string of the molecule is CNS(=O)(=O)c1ccc(C(F)(F)F)cc1[N+](=O)[O-]. The summed E-state index contributed by atoms with van der Waals surface area (Å²) in [6.45, 7) is 0. The Kier molecular flexibility index (Phi) is 3.62. The van der Waals surface area contributed by atoms with Crippen molar-refractivity contribution in [2.24, 2.45) is 0 Å². The van der Waals surface area contributed by atoms with Crippen molar-refractivity contribution in [3.63, 3.8) is 0 Å². The van der Waals surface area contributed by atoms with E-state index in [9.17, 15) is 31.7 Å². The molecule has 0 saturated carbocycles. The van der Waals surface area contributed by atoms with Crippen LogP contribution in [0.5, 0.6) is 0 Å². The zero-order chi connectivity index (χ0) is 14.1. The van der Waals surface area contributed by atoms with Gasteiger partial charge in [-0.3, -0.25) is 10.1 Å². The van der Waals surface area contributed by atoms with Gasteiger partial charge in [0.25, 0.3) is 5.69 Å². The Morgan fingerprint density at radius 3 is 2.28 bits per heavy atom. The van der Waals surface area contributed by atoms with Crippen molar-refractivity contribution in [1.29, 1.82) is 0 Å². The molecule has 0 aromatic heterocycles. The third-order valence-electron chi connectivity index (χ3n) is 2.04. The predicted molar refractivity (Wildman–Crippen MR) is 54.3 cm³/mol. The fourth-order valence-corrected chi connectivity index (χ4v) is 2.05. The van der Waals surface area contributed by atoms with Crippen LogP contribution in [0.1, 0.15) is 5.56 Å². The van der Waals surface area contributed by atoms with E-state index in [1.165, 1.54) is 0 Å². The second kappa shape index (κ2) is 4.53. The van der Waals surface area contributed by atoms with Crippen LogP contribution < -0.4 is 4.72 Å². The molecule has 0 fully saturated rings. The molecule has 0 aliphatic rings. The summed E-state index contributed by atoms with van der Waals surface area (Å²) in [5.41, 5.74) is -2.41. The molecule has 100 valence electrons. The van der Waals surface area contributed by atoms with Gasteiger partial charge in [-0.1, -0.05) is 0 Å². The molecule has 6 nitrogen and oxygen atoms in total. The number of alkyl halides is 3. The number of benzene rings is 1. The number of sulfonamides is 1. The number of rotatable bonds is 3. The van der Waals surface area contributed by atoms with Crippen molar-refractivity contribution in [2.45, 2.75) is 11.1 Å². The molecule has 0 heterocycles. The first-order valence-corrected chi connectivity index (χ1v) is 5.87. The van der Waals surface area contributed by atoms with Gasteiger partial charge in [-0.25, -0.2) is 13.1 Å². The third-order valence-corrected chi connectivity index (χ3v) is 3.50. The molecule has 10 heteroatoms. The molecule has 0 aliphatic heterocycles. The van der Waals surface area contributed by atoms with Crippen LogP contribution in [0.25, 0.3) is 0 Å². The van der Waals surface area contributed by atoms with E-state index in [4.69, 9.17) is 0 Å². The van der Waals surface area contributed by atoms with Gasteiger partial charge in [-0.15, -0.1) is 0 Å². The second-order valence-corrected chi connectivity index (χ2v) is 5.00. The third kappa shape index (κ3) is 2.76. The first-order chi connectivity index (χ1) is 8.09. The Labute approximate surface area is 99.6 Å². The van der Waals surface area contributed by atoms with Gasteiger partial charge in [0.2, 0.25) is 10.0 Å². The van der Waals surface area contributed by atoms with E-state index in [1.807, 2.05) is 0 Å². The first kappa shape index (κ1) is 14.4. The van der Waals surface area contributed by atoms with E-state index >= 15 is 0 Å². The quantitative estimate of drug-likeness (QED) is 0.673. The monoisotopic (exact) mass is 284 g/mol. The molecule has 1 aromatic carbocycles. The van der Waals surface area contributed by atoms with Gasteiger partial charge in [0, 0.05) is 6.07 Å². The molecule has 0 atom stereocenters. The van der Waals surface area contributed by atoms with Crippen LogP contribution in [0.4, 0.5) is 18.9 Å². The molecule has 0 unspecified atom stereocenters. The van der Waals surface area contributed by atoms with E-state index in [-0.39, 0.29) is 6.07 Å². The first-order valence-electron chi connectivity index (χ1n) is 4.39. The molecule has 0 aliphatic carbocycles. The summed E-state index contributed by atoms with van der Waals surface area (Å²) in [4.78, 5) is 8.61. The van der Waals surface area contributed by atoms with Crippen LogP contribution >= 0.6 is 0 Å². The highest BCUT2D eigenvalue weighted by Gasteiger charge is 2.34. The zero-order valence-electron chi connectivity index (χ0n) is 8.85. The Balaban J connectivity index is 3.54. The van der Waals surface area contributed by atoms with Crippen molar-refractivity contribution in [3.8, 4) is 0 Å². The smallest absolute Gasteiger partial charge is 0.258 e. The van der Waals surface area contributed by atoms with Crippen LogP contribution in [-0.4, -0.2) is 20.4 Å². The normalized spacial score (nSPS) is 12.4. The molecule has 0 radical (unpaired) electrons. The molecule has 18 heavy (non-hydrogen) atoms. The zero-order valence-corrected chi connectivity index (χ0v) is 9.67. The molecule has 0 bridgehead atoms. The lowest BCUT2D eigenvalue weighted by molar-refractivity contribution is -0.388. The average molecular weight is 284 g/mol. The minimum Gasteiger partial charge on any atom is -0.258 e. The van der Waals surface area contributed by atoms with E-state index in [0.29, 0.717) is 12.1 Å². The molecular weight excluding hydrogens is 277 g/mol. The number of nitro benzene ring substituents is 1. The molecule has 0 amide bonds. The van der Waals surface area contributed by atoms with Crippen molar-refractivity contribution in [2.75, 3.05) is 7.05 Å². The minimum absolute atomic E-state index is 0.185. The number of halogens is 3. The lowest BCUT2D eigenvalue weighted by Gasteiger charge is -2.08. The van der Waals surface area contributed by atoms with Crippen LogP contribution in [0.2, 0.25) is 0 Å². The molecule has 1 N–H and O–H groups in total. The maximum Gasteiger partial charge on any atom is 0.416 e. The fourth-order valence-electron chi connectivity index (χ4n) is 1.17. The number of nitrogens with one attached hydrogen (secondary N) is 1. The van der Waals surface area contributed by atoms with E-state index in [2.05, 4.69) is 0 Å². The summed E-state index contributed by atoms with van der Waals surface area (Å²) >= 11 is 0. The van der Waals surface area contributed by atoms with Gasteiger partial charge >= 0.3 is 6.18 Å². The largest absolute Gasteiger partial charge is 0.416 e. The van der Waals surface area contributed by atoms with Crippen LogP contribution in [0.15, 0.2) is 23.1 Å². The minimum atomic E-state index is -4.79. The summed E-state index contributed by atoms with van der Waals surface area (Å²) in [6, 6.07) is 1.20. The number of hydrogen-bond donors (Lipinski definition) is 1. The van der Waals surface area contributed by atoms with Gasteiger partial charge in [-0.05, 0) is 19.2 Å². The summed E-state index contributed by atoms with van der Waals surface area (Å²) in [6.07, 6.45) is -4.79. The summed E-state index contributed by atoms with van der Waals surface area (Å²) < 4.78 is 61.6. The Bertz CT molecular complexity index is 582. The van der Waals surface area contributed by atoms with Gasteiger partial charge in [0.15, 0.2) is 4.90 Å².